The third-order valence-corrected chi connectivity index (χ3v) is 5.36. The van der Waals surface area contributed by atoms with E-state index >= 15 is 0 Å². The number of rotatable bonds is 8. The van der Waals surface area contributed by atoms with Crippen LogP contribution in [-0.4, -0.2) is 25.3 Å². The molecule has 0 radical (unpaired) electrons. The summed E-state index contributed by atoms with van der Waals surface area (Å²) in [5.41, 5.74) is 0. The van der Waals surface area contributed by atoms with Crippen LogP contribution in [0.25, 0.3) is 0 Å². The zero-order valence-corrected chi connectivity index (χ0v) is 14.6. The highest BCUT2D eigenvalue weighted by Crippen LogP contribution is 2.28. The number of benzene rings is 1. The Morgan fingerprint density at radius 2 is 2.09 bits per heavy atom. The number of hydrogen-bond donors (Lipinski definition) is 1. The van der Waals surface area contributed by atoms with Crippen LogP contribution in [0.2, 0.25) is 4.34 Å². The van der Waals surface area contributed by atoms with Gasteiger partial charge in [-0.1, -0.05) is 29.8 Å². The molecule has 1 atom stereocenters. The van der Waals surface area contributed by atoms with Crippen molar-refractivity contribution in [2.75, 3.05) is 19.4 Å². The molecule has 118 valence electrons. The second-order valence-electron chi connectivity index (χ2n) is 4.58. The zero-order chi connectivity index (χ0) is 15.8. The van der Waals surface area contributed by atoms with Crippen LogP contribution in [-0.2, 0) is 9.53 Å². The number of amides is 1. The van der Waals surface area contributed by atoms with Gasteiger partial charge in [0.25, 0.3) is 0 Å². The van der Waals surface area contributed by atoms with Gasteiger partial charge in [0, 0.05) is 35.6 Å². The average molecular weight is 356 g/mol. The van der Waals surface area contributed by atoms with Crippen molar-refractivity contribution in [2.24, 2.45) is 0 Å². The van der Waals surface area contributed by atoms with Crippen molar-refractivity contribution in [1.82, 2.24) is 5.32 Å². The molecular weight excluding hydrogens is 338 g/mol. The second-order valence-corrected chi connectivity index (χ2v) is 7.50. The van der Waals surface area contributed by atoms with E-state index in [1.165, 1.54) is 16.2 Å². The summed E-state index contributed by atoms with van der Waals surface area (Å²) in [5, 5.41) is 2.91. The van der Waals surface area contributed by atoms with E-state index in [4.69, 9.17) is 16.3 Å². The number of carbonyl (C=O) groups is 1. The van der Waals surface area contributed by atoms with Crippen LogP contribution in [0.15, 0.2) is 47.4 Å². The minimum atomic E-state index is -0.150. The van der Waals surface area contributed by atoms with Crippen molar-refractivity contribution in [1.29, 1.82) is 0 Å². The monoisotopic (exact) mass is 355 g/mol. The summed E-state index contributed by atoms with van der Waals surface area (Å²) in [7, 11) is 1.63. The number of nitrogens with one attached hydrogen (secondary N) is 1. The molecule has 0 spiro atoms. The quantitative estimate of drug-likeness (QED) is 0.714. The molecule has 0 aliphatic heterocycles. The number of methoxy groups -OCH3 is 1. The third kappa shape index (κ3) is 5.65. The Labute approximate surface area is 144 Å². The summed E-state index contributed by atoms with van der Waals surface area (Å²) < 4.78 is 6.13. The van der Waals surface area contributed by atoms with Gasteiger partial charge in [0.05, 0.1) is 4.34 Å². The van der Waals surface area contributed by atoms with Crippen molar-refractivity contribution in [3.63, 3.8) is 0 Å². The first-order valence-electron chi connectivity index (χ1n) is 6.91. The molecule has 0 saturated carbocycles. The number of thiophene rings is 1. The summed E-state index contributed by atoms with van der Waals surface area (Å²) in [6.45, 7) is 0.460. The summed E-state index contributed by atoms with van der Waals surface area (Å²) in [5.74, 6) is 0.798. The molecule has 22 heavy (non-hydrogen) atoms. The fraction of sp³-hybridized carbons (Fsp3) is 0.312. The Bertz CT molecular complexity index is 589. The molecular formula is C16H18ClNO2S2. The molecule has 6 heteroatoms. The molecule has 1 heterocycles. The number of thioether (sulfide) groups is 1. The first kappa shape index (κ1) is 17.3. The summed E-state index contributed by atoms with van der Waals surface area (Å²) in [4.78, 5) is 14.1. The maximum absolute atomic E-state index is 11.9. The van der Waals surface area contributed by atoms with Gasteiger partial charge in [-0.2, -0.15) is 0 Å². The first-order chi connectivity index (χ1) is 10.7. The normalized spacial score (nSPS) is 12.1. The second kappa shape index (κ2) is 9.20. The lowest BCUT2D eigenvalue weighted by Crippen LogP contribution is -2.29. The topological polar surface area (TPSA) is 38.3 Å². The van der Waals surface area contributed by atoms with E-state index in [1.807, 2.05) is 42.5 Å². The SMILES string of the molecule is COC(CNC(=O)CCSc1ccccc1)c1ccc(Cl)s1. The molecule has 2 rings (SSSR count). The molecule has 3 nitrogen and oxygen atoms in total. The van der Waals surface area contributed by atoms with E-state index in [0.29, 0.717) is 13.0 Å². The maximum Gasteiger partial charge on any atom is 0.220 e. The van der Waals surface area contributed by atoms with Crippen LogP contribution in [0.1, 0.15) is 17.4 Å². The summed E-state index contributed by atoms with van der Waals surface area (Å²) in [6, 6.07) is 13.8. The first-order valence-corrected chi connectivity index (χ1v) is 9.09. The van der Waals surface area contributed by atoms with Crippen LogP contribution >= 0.6 is 34.7 Å². The van der Waals surface area contributed by atoms with Crippen LogP contribution < -0.4 is 5.32 Å². The van der Waals surface area contributed by atoms with E-state index in [0.717, 1.165) is 15.0 Å². The van der Waals surface area contributed by atoms with Gasteiger partial charge in [-0.15, -0.1) is 23.1 Å². The van der Waals surface area contributed by atoms with E-state index in [9.17, 15) is 4.79 Å². The Morgan fingerprint density at radius 3 is 2.73 bits per heavy atom. The largest absolute Gasteiger partial charge is 0.374 e. The van der Waals surface area contributed by atoms with Crippen molar-refractivity contribution < 1.29 is 9.53 Å². The molecule has 0 bridgehead atoms. The van der Waals surface area contributed by atoms with Crippen LogP contribution in [0.5, 0.6) is 0 Å². The number of ether oxygens (including phenoxy) is 1. The van der Waals surface area contributed by atoms with Crippen LogP contribution in [0, 0.1) is 0 Å². The lowest BCUT2D eigenvalue weighted by Gasteiger charge is -2.14. The van der Waals surface area contributed by atoms with Gasteiger partial charge < -0.3 is 10.1 Å². The van der Waals surface area contributed by atoms with E-state index in [-0.39, 0.29) is 12.0 Å². The molecule has 1 amide bonds. The van der Waals surface area contributed by atoms with Crippen LogP contribution in [0.3, 0.4) is 0 Å². The third-order valence-electron chi connectivity index (χ3n) is 3.02. The average Bonchev–Trinajstić information content (AvgIpc) is 2.95. The lowest BCUT2D eigenvalue weighted by molar-refractivity contribution is -0.121. The van der Waals surface area contributed by atoms with Gasteiger partial charge in [0.15, 0.2) is 0 Å². The molecule has 2 aromatic rings. The van der Waals surface area contributed by atoms with Gasteiger partial charge in [0.1, 0.15) is 6.10 Å². The van der Waals surface area contributed by atoms with Crippen molar-refractivity contribution >= 4 is 40.6 Å². The number of carbonyl (C=O) groups excluding carboxylic acids is 1. The Hall–Kier alpha value is -1.01. The Morgan fingerprint density at radius 1 is 1.32 bits per heavy atom. The maximum atomic E-state index is 11.9. The van der Waals surface area contributed by atoms with Crippen molar-refractivity contribution in [3.05, 3.63) is 51.7 Å². The van der Waals surface area contributed by atoms with Gasteiger partial charge in [-0.05, 0) is 24.3 Å². The standard InChI is InChI=1S/C16H18ClNO2S2/c1-20-13(14-7-8-15(17)22-14)11-18-16(19)9-10-21-12-5-3-2-4-6-12/h2-8,13H,9-11H2,1H3,(H,18,19). The highest BCUT2D eigenvalue weighted by molar-refractivity contribution is 7.99. The molecule has 0 fully saturated rings. The zero-order valence-electron chi connectivity index (χ0n) is 12.3. The lowest BCUT2D eigenvalue weighted by atomic mass is 10.3. The Balaban J connectivity index is 1.70. The van der Waals surface area contributed by atoms with Gasteiger partial charge in [0.2, 0.25) is 5.91 Å². The van der Waals surface area contributed by atoms with Crippen molar-refractivity contribution in [2.45, 2.75) is 17.4 Å². The van der Waals surface area contributed by atoms with Crippen molar-refractivity contribution in [3.8, 4) is 0 Å². The molecule has 0 saturated heterocycles. The minimum Gasteiger partial charge on any atom is -0.374 e. The fourth-order valence-electron chi connectivity index (χ4n) is 1.87. The Kier molecular flexibility index (Phi) is 7.25. The summed E-state index contributed by atoms with van der Waals surface area (Å²) in [6.07, 6.45) is 0.338. The summed E-state index contributed by atoms with van der Waals surface area (Å²) >= 11 is 9.08. The highest BCUT2D eigenvalue weighted by atomic mass is 35.5. The van der Waals surface area contributed by atoms with Gasteiger partial charge in [-0.25, -0.2) is 0 Å². The fourth-order valence-corrected chi connectivity index (χ4v) is 3.89. The molecule has 0 aliphatic carbocycles. The number of hydrogen-bond acceptors (Lipinski definition) is 4. The molecule has 1 aromatic heterocycles. The van der Waals surface area contributed by atoms with Crippen LogP contribution in [0.4, 0.5) is 0 Å². The smallest absolute Gasteiger partial charge is 0.220 e. The molecule has 1 N–H and O–H groups in total. The predicted octanol–water partition coefficient (Wildman–Crippen LogP) is 4.39. The van der Waals surface area contributed by atoms with Gasteiger partial charge in [-0.3, -0.25) is 4.79 Å². The molecule has 1 unspecified atom stereocenters. The highest BCUT2D eigenvalue weighted by Gasteiger charge is 2.14. The van der Waals surface area contributed by atoms with E-state index in [1.54, 1.807) is 18.9 Å². The minimum absolute atomic E-state index is 0.0353. The van der Waals surface area contributed by atoms with E-state index < -0.39 is 0 Å². The molecule has 1 aromatic carbocycles. The molecule has 0 aliphatic rings. The van der Waals surface area contributed by atoms with Gasteiger partial charge >= 0.3 is 0 Å². The predicted molar refractivity (Wildman–Crippen MR) is 93.9 cm³/mol. The van der Waals surface area contributed by atoms with E-state index in [2.05, 4.69) is 5.32 Å². The number of halogens is 1.